The van der Waals surface area contributed by atoms with Crippen molar-refractivity contribution in [1.29, 1.82) is 0 Å². The Bertz CT molecular complexity index is 1270. The molecule has 2 aromatic carbocycles. The van der Waals surface area contributed by atoms with E-state index in [0.717, 1.165) is 5.56 Å². The molecule has 0 atom stereocenters. The highest BCUT2D eigenvalue weighted by Gasteiger charge is 2.16. The van der Waals surface area contributed by atoms with Gasteiger partial charge in [-0.1, -0.05) is 18.2 Å². The van der Waals surface area contributed by atoms with Gasteiger partial charge in [-0.15, -0.1) is 0 Å². The fourth-order valence-electron chi connectivity index (χ4n) is 2.93. The summed E-state index contributed by atoms with van der Waals surface area (Å²) in [6, 6.07) is 14.1. The fourth-order valence-corrected chi connectivity index (χ4v) is 2.93. The molecule has 0 radical (unpaired) electrons. The number of nitrogens with one attached hydrogen (secondary N) is 1. The summed E-state index contributed by atoms with van der Waals surface area (Å²) in [5.74, 6) is 0.150. The van der Waals surface area contributed by atoms with Gasteiger partial charge in [0, 0.05) is 30.5 Å². The Morgan fingerprint density at radius 3 is 2.48 bits per heavy atom. The topological polar surface area (TPSA) is 99.0 Å². The number of ether oxygens (including phenoxy) is 1. The molecule has 0 bridgehead atoms. The molecule has 1 N–H and O–H groups in total. The van der Waals surface area contributed by atoms with Crippen LogP contribution in [0, 0.1) is 6.92 Å². The van der Waals surface area contributed by atoms with Gasteiger partial charge in [-0.05, 0) is 42.8 Å². The van der Waals surface area contributed by atoms with Crippen LogP contribution in [-0.2, 0) is 7.05 Å². The van der Waals surface area contributed by atoms with Crippen LogP contribution in [0.2, 0.25) is 0 Å². The average Bonchev–Trinajstić information content (AvgIpc) is 2.73. The highest BCUT2D eigenvalue weighted by molar-refractivity contribution is 6.11. The van der Waals surface area contributed by atoms with Crippen molar-refractivity contribution in [2.45, 2.75) is 6.92 Å². The molecule has 29 heavy (non-hydrogen) atoms. The number of anilines is 1. The first-order chi connectivity index (χ1) is 14.0. The summed E-state index contributed by atoms with van der Waals surface area (Å²) in [5.41, 5.74) is 1.33. The number of aryl methyl sites for hydroxylation is 2. The molecular weight excluding hydrogens is 370 g/mol. The molecule has 8 nitrogen and oxygen atoms in total. The van der Waals surface area contributed by atoms with Gasteiger partial charge in [0.1, 0.15) is 5.75 Å². The third kappa shape index (κ3) is 3.68. The predicted octanol–water partition coefficient (Wildman–Crippen LogP) is 3.08. The first-order valence-electron chi connectivity index (χ1n) is 8.86. The summed E-state index contributed by atoms with van der Waals surface area (Å²) in [7, 11) is 1.52. The van der Waals surface area contributed by atoms with E-state index in [-0.39, 0.29) is 17.3 Å². The lowest BCUT2D eigenvalue weighted by Gasteiger charge is -2.12. The van der Waals surface area contributed by atoms with Crippen LogP contribution in [0.15, 0.2) is 65.7 Å². The summed E-state index contributed by atoms with van der Waals surface area (Å²) >= 11 is 0. The summed E-state index contributed by atoms with van der Waals surface area (Å²) in [5, 5.41) is 7.95. The standard InChI is InChI=1S/C21H17N5O3/c1-13-12-14(29-21-22-10-5-11-23-21)8-9-17(13)24-19(27)18-15-6-3-4-7-16(15)20(28)26(2)25-18/h3-12H,1-2H3,(H,24,27). The van der Waals surface area contributed by atoms with Crippen LogP contribution in [-0.4, -0.2) is 25.7 Å². The second-order valence-corrected chi connectivity index (χ2v) is 6.39. The maximum absolute atomic E-state index is 12.9. The maximum atomic E-state index is 12.9. The van der Waals surface area contributed by atoms with Crippen LogP contribution >= 0.6 is 0 Å². The van der Waals surface area contributed by atoms with E-state index in [2.05, 4.69) is 20.4 Å². The number of carbonyl (C=O) groups excluding carboxylic acids is 1. The third-order valence-corrected chi connectivity index (χ3v) is 4.37. The smallest absolute Gasteiger partial charge is 0.321 e. The highest BCUT2D eigenvalue weighted by Crippen LogP contribution is 2.25. The van der Waals surface area contributed by atoms with E-state index < -0.39 is 5.91 Å². The van der Waals surface area contributed by atoms with Gasteiger partial charge in [-0.2, -0.15) is 5.10 Å². The number of carbonyl (C=O) groups is 1. The normalized spacial score (nSPS) is 10.7. The molecule has 144 valence electrons. The van der Waals surface area contributed by atoms with Crippen molar-refractivity contribution < 1.29 is 9.53 Å². The Labute approximate surface area is 165 Å². The minimum atomic E-state index is -0.403. The fraction of sp³-hybridized carbons (Fsp3) is 0.0952. The number of amides is 1. The molecule has 2 aromatic heterocycles. The zero-order valence-electron chi connectivity index (χ0n) is 15.8. The number of hydrogen-bond acceptors (Lipinski definition) is 6. The second kappa shape index (κ2) is 7.51. The van der Waals surface area contributed by atoms with Crippen molar-refractivity contribution in [3.05, 3.63) is 82.5 Å². The van der Waals surface area contributed by atoms with Gasteiger partial charge in [-0.3, -0.25) is 9.59 Å². The van der Waals surface area contributed by atoms with E-state index in [0.29, 0.717) is 22.2 Å². The lowest BCUT2D eigenvalue weighted by molar-refractivity contribution is 0.102. The molecule has 0 aliphatic carbocycles. The van der Waals surface area contributed by atoms with Gasteiger partial charge in [0.2, 0.25) is 0 Å². The molecule has 4 rings (SSSR count). The molecule has 1 amide bonds. The zero-order valence-corrected chi connectivity index (χ0v) is 15.8. The van der Waals surface area contributed by atoms with Crippen LogP contribution in [0.25, 0.3) is 10.8 Å². The SMILES string of the molecule is Cc1cc(Oc2ncccn2)ccc1NC(=O)c1nn(C)c(=O)c2ccccc12. The molecule has 8 heteroatoms. The Kier molecular flexibility index (Phi) is 4.74. The first kappa shape index (κ1) is 18.3. The minimum absolute atomic E-state index is 0.181. The molecular formula is C21H17N5O3. The molecule has 0 saturated heterocycles. The summed E-state index contributed by atoms with van der Waals surface area (Å²) in [4.78, 5) is 33.2. The van der Waals surface area contributed by atoms with Gasteiger partial charge >= 0.3 is 6.01 Å². The molecule has 0 spiro atoms. The maximum Gasteiger partial charge on any atom is 0.321 e. The van der Waals surface area contributed by atoms with Gasteiger partial charge < -0.3 is 10.1 Å². The van der Waals surface area contributed by atoms with Crippen molar-refractivity contribution in [2.75, 3.05) is 5.32 Å². The Morgan fingerprint density at radius 1 is 1.03 bits per heavy atom. The number of nitrogens with zero attached hydrogens (tertiary/aromatic N) is 4. The zero-order chi connectivity index (χ0) is 20.4. The minimum Gasteiger partial charge on any atom is -0.424 e. The Morgan fingerprint density at radius 2 is 1.76 bits per heavy atom. The van der Waals surface area contributed by atoms with Crippen molar-refractivity contribution in [3.8, 4) is 11.8 Å². The van der Waals surface area contributed by atoms with Crippen molar-refractivity contribution in [3.63, 3.8) is 0 Å². The summed E-state index contributed by atoms with van der Waals surface area (Å²) < 4.78 is 6.77. The van der Waals surface area contributed by atoms with E-state index in [1.807, 2.05) is 6.92 Å². The average molecular weight is 387 g/mol. The lowest BCUT2D eigenvalue weighted by Crippen LogP contribution is -2.25. The molecule has 0 fully saturated rings. The molecule has 2 heterocycles. The molecule has 4 aromatic rings. The van der Waals surface area contributed by atoms with Gasteiger partial charge in [0.25, 0.3) is 11.5 Å². The highest BCUT2D eigenvalue weighted by atomic mass is 16.5. The van der Waals surface area contributed by atoms with E-state index in [1.54, 1.807) is 60.9 Å². The van der Waals surface area contributed by atoms with E-state index >= 15 is 0 Å². The van der Waals surface area contributed by atoms with E-state index in [1.165, 1.54) is 11.7 Å². The van der Waals surface area contributed by atoms with Crippen molar-refractivity contribution in [2.24, 2.45) is 7.05 Å². The summed E-state index contributed by atoms with van der Waals surface area (Å²) in [6.07, 6.45) is 3.18. The third-order valence-electron chi connectivity index (χ3n) is 4.37. The molecule has 0 unspecified atom stereocenters. The number of benzene rings is 2. The Hall–Kier alpha value is -4.07. The van der Waals surface area contributed by atoms with Crippen LogP contribution in [0.3, 0.4) is 0 Å². The number of hydrogen-bond donors (Lipinski definition) is 1. The van der Waals surface area contributed by atoms with Crippen LogP contribution in [0.4, 0.5) is 5.69 Å². The second-order valence-electron chi connectivity index (χ2n) is 6.39. The van der Waals surface area contributed by atoms with Gasteiger partial charge in [0.05, 0.1) is 5.39 Å². The summed E-state index contributed by atoms with van der Waals surface area (Å²) in [6.45, 7) is 1.85. The quantitative estimate of drug-likeness (QED) is 0.578. The molecule has 0 aliphatic heterocycles. The largest absolute Gasteiger partial charge is 0.424 e. The van der Waals surface area contributed by atoms with Crippen LogP contribution in [0.1, 0.15) is 16.1 Å². The predicted molar refractivity (Wildman–Crippen MR) is 108 cm³/mol. The van der Waals surface area contributed by atoms with Crippen LogP contribution < -0.4 is 15.6 Å². The van der Waals surface area contributed by atoms with E-state index in [9.17, 15) is 9.59 Å². The van der Waals surface area contributed by atoms with E-state index in [4.69, 9.17) is 4.74 Å². The first-order valence-corrected chi connectivity index (χ1v) is 8.86. The molecule has 0 saturated carbocycles. The van der Waals surface area contributed by atoms with Crippen LogP contribution in [0.5, 0.6) is 11.8 Å². The number of aromatic nitrogens is 4. The number of rotatable bonds is 4. The monoisotopic (exact) mass is 387 g/mol. The van der Waals surface area contributed by atoms with Gasteiger partial charge in [-0.25, -0.2) is 14.6 Å². The Balaban J connectivity index is 1.62. The van der Waals surface area contributed by atoms with Crippen molar-refractivity contribution in [1.82, 2.24) is 19.7 Å². The van der Waals surface area contributed by atoms with Crippen molar-refractivity contribution >= 4 is 22.4 Å². The lowest BCUT2D eigenvalue weighted by atomic mass is 10.1. The van der Waals surface area contributed by atoms with Gasteiger partial charge in [0.15, 0.2) is 5.69 Å². The number of fused-ring (bicyclic) bond motifs is 1. The molecule has 0 aliphatic rings.